The van der Waals surface area contributed by atoms with Gasteiger partial charge in [0.2, 0.25) is 17.7 Å². The van der Waals surface area contributed by atoms with Gasteiger partial charge in [-0.2, -0.15) is 0 Å². The van der Waals surface area contributed by atoms with E-state index >= 15 is 0 Å². The first-order valence-corrected chi connectivity index (χ1v) is 8.13. The predicted molar refractivity (Wildman–Crippen MR) is 93.1 cm³/mol. The molecule has 1 aliphatic rings. The van der Waals surface area contributed by atoms with Gasteiger partial charge in [0.05, 0.1) is 11.5 Å². The number of carbonyl (C=O) groups excluding carboxylic acids is 4. The first kappa shape index (κ1) is 20.0. The smallest absolute Gasteiger partial charge is 0.313 e. The Morgan fingerprint density at radius 2 is 1.85 bits per heavy atom. The van der Waals surface area contributed by atoms with Crippen LogP contribution in [0.2, 0.25) is 0 Å². The number of rotatable bonds is 7. The minimum atomic E-state index is -1.52. The molecule has 0 spiro atoms. The Balaban J connectivity index is 2.21. The van der Waals surface area contributed by atoms with Crippen molar-refractivity contribution in [1.82, 2.24) is 4.90 Å². The number of benzene rings is 1. The number of likely N-dealkylation sites (tertiary alicyclic amines) is 1. The molecule has 144 valence electrons. The summed E-state index contributed by atoms with van der Waals surface area (Å²) in [6.45, 7) is 3.60. The highest BCUT2D eigenvalue weighted by atomic mass is 16.6. The molecule has 1 saturated heterocycles. The van der Waals surface area contributed by atoms with Crippen LogP contribution < -0.4 is 10.1 Å². The molecule has 0 bridgehead atoms. The maximum Gasteiger partial charge on any atom is 0.313 e. The molecular weight excluding hydrogens is 358 g/mol. The molecule has 27 heavy (non-hydrogen) atoms. The zero-order chi connectivity index (χ0) is 20.4. The third kappa shape index (κ3) is 4.66. The normalized spacial score (nSPS) is 14.3. The van der Waals surface area contributed by atoms with Gasteiger partial charge in [-0.3, -0.25) is 34.2 Å². The van der Waals surface area contributed by atoms with Crippen LogP contribution in [0.3, 0.4) is 0 Å². The van der Waals surface area contributed by atoms with Gasteiger partial charge in [-0.15, -0.1) is 0 Å². The molecule has 2 rings (SSSR count). The molecule has 1 aromatic carbocycles. The van der Waals surface area contributed by atoms with Gasteiger partial charge in [-0.25, -0.2) is 0 Å². The van der Waals surface area contributed by atoms with Gasteiger partial charge >= 0.3 is 5.69 Å². The molecule has 0 unspecified atom stereocenters. The van der Waals surface area contributed by atoms with Crippen molar-refractivity contribution in [3.63, 3.8) is 0 Å². The van der Waals surface area contributed by atoms with Crippen molar-refractivity contribution in [2.45, 2.75) is 39.2 Å². The SMILES string of the molecule is CC(=O)Nc1ccc(OC(C)(C)C(=O)CN2C(=O)CCC2=O)c([N+](=O)[O-])c1. The van der Waals surface area contributed by atoms with Crippen molar-refractivity contribution in [1.29, 1.82) is 0 Å². The molecule has 1 aromatic rings. The first-order chi connectivity index (χ1) is 12.5. The summed E-state index contributed by atoms with van der Waals surface area (Å²) in [5.74, 6) is -2.02. The molecule has 0 aromatic heterocycles. The van der Waals surface area contributed by atoms with Crippen LogP contribution in [0, 0.1) is 10.1 Å². The number of ether oxygens (including phenoxy) is 1. The van der Waals surface area contributed by atoms with Crippen LogP contribution in [0.15, 0.2) is 18.2 Å². The van der Waals surface area contributed by atoms with Crippen molar-refractivity contribution < 1.29 is 28.8 Å². The predicted octanol–water partition coefficient (Wildman–Crippen LogP) is 1.43. The van der Waals surface area contributed by atoms with E-state index in [0.717, 1.165) is 11.0 Å². The molecule has 0 saturated carbocycles. The van der Waals surface area contributed by atoms with Gasteiger partial charge in [-0.1, -0.05) is 0 Å². The Bertz CT molecular complexity index is 816. The highest BCUT2D eigenvalue weighted by molar-refractivity contribution is 6.05. The number of hydrogen-bond donors (Lipinski definition) is 1. The average molecular weight is 377 g/mol. The third-order valence-electron chi connectivity index (χ3n) is 3.97. The van der Waals surface area contributed by atoms with Gasteiger partial charge in [0.1, 0.15) is 0 Å². The summed E-state index contributed by atoms with van der Waals surface area (Å²) in [5.41, 5.74) is -1.75. The zero-order valence-electron chi connectivity index (χ0n) is 15.1. The van der Waals surface area contributed by atoms with Crippen LogP contribution in [0.25, 0.3) is 0 Å². The average Bonchev–Trinajstić information content (AvgIpc) is 2.87. The van der Waals surface area contributed by atoms with Gasteiger partial charge in [0.25, 0.3) is 0 Å². The summed E-state index contributed by atoms with van der Waals surface area (Å²) in [4.78, 5) is 58.4. The number of ketones is 1. The van der Waals surface area contributed by atoms with E-state index in [9.17, 15) is 29.3 Å². The van der Waals surface area contributed by atoms with E-state index in [-0.39, 0.29) is 24.3 Å². The number of anilines is 1. The van der Waals surface area contributed by atoms with Gasteiger partial charge in [-0.05, 0) is 26.0 Å². The molecule has 3 amide bonds. The van der Waals surface area contributed by atoms with Crippen LogP contribution in [-0.2, 0) is 19.2 Å². The number of carbonyl (C=O) groups is 4. The summed E-state index contributed by atoms with van der Waals surface area (Å²) >= 11 is 0. The molecule has 10 nitrogen and oxygen atoms in total. The van der Waals surface area contributed by atoms with Gasteiger partial charge in [0.15, 0.2) is 17.1 Å². The third-order valence-corrected chi connectivity index (χ3v) is 3.97. The molecule has 10 heteroatoms. The lowest BCUT2D eigenvalue weighted by Crippen LogP contribution is -2.46. The highest BCUT2D eigenvalue weighted by Gasteiger charge is 2.38. The van der Waals surface area contributed by atoms with Crippen molar-refractivity contribution in [3.8, 4) is 5.75 Å². The molecule has 1 N–H and O–H groups in total. The standard InChI is InChI=1S/C17H19N3O7/c1-10(21)18-11-4-5-13(12(8-11)20(25)26)27-17(2,3)14(22)9-19-15(23)6-7-16(19)24/h4-5,8H,6-7,9H2,1-3H3,(H,18,21). The highest BCUT2D eigenvalue weighted by Crippen LogP contribution is 2.33. The molecule has 1 fully saturated rings. The second-order valence-corrected chi connectivity index (χ2v) is 6.53. The van der Waals surface area contributed by atoms with Crippen LogP contribution in [-0.4, -0.2) is 45.5 Å². The van der Waals surface area contributed by atoms with Crippen molar-refractivity contribution in [2.75, 3.05) is 11.9 Å². The fourth-order valence-corrected chi connectivity index (χ4v) is 2.49. The first-order valence-electron chi connectivity index (χ1n) is 8.13. The number of hydrogen-bond acceptors (Lipinski definition) is 7. The maximum absolute atomic E-state index is 12.5. The topological polar surface area (TPSA) is 136 Å². The second-order valence-electron chi connectivity index (χ2n) is 6.53. The van der Waals surface area contributed by atoms with Crippen molar-refractivity contribution in [2.24, 2.45) is 0 Å². The molecule has 0 radical (unpaired) electrons. The quantitative estimate of drug-likeness (QED) is 0.431. The number of nitro benzene ring substituents is 1. The Morgan fingerprint density at radius 1 is 1.26 bits per heavy atom. The molecule has 1 heterocycles. The fourth-order valence-electron chi connectivity index (χ4n) is 2.49. The number of Topliss-reactive ketones (excluding diaryl/α,β-unsaturated/α-hetero) is 1. The lowest BCUT2D eigenvalue weighted by molar-refractivity contribution is -0.386. The zero-order valence-corrected chi connectivity index (χ0v) is 15.1. The number of nitrogens with one attached hydrogen (secondary N) is 1. The van der Waals surface area contributed by atoms with Crippen molar-refractivity contribution in [3.05, 3.63) is 28.3 Å². The summed E-state index contributed by atoms with van der Waals surface area (Å²) in [5, 5.41) is 13.7. The largest absolute Gasteiger partial charge is 0.473 e. The Kier molecular flexibility index (Phi) is 5.58. The fraction of sp³-hybridized carbons (Fsp3) is 0.412. The van der Waals surface area contributed by atoms with E-state index in [1.54, 1.807) is 0 Å². The second kappa shape index (κ2) is 7.52. The van der Waals surface area contributed by atoms with Crippen LogP contribution in [0.1, 0.15) is 33.6 Å². The van der Waals surface area contributed by atoms with E-state index < -0.39 is 46.3 Å². The molecular formula is C17H19N3O7. The summed E-state index contributed by atoms with van der Waals surface area (Å²) in [7, 11) is 0. The van der Waals surface area contributed by atoms with Gasteiger partial charge < -0.3 is 10.1 Å². The number of nitro groups is 1. The monoisotopic (exact) mass is 377 g/mol. The lowest BCUT2D eigenvalue weighted by atomic mass is 10.0. The number of imide groups is 1. The Morgan fingerprint density at radius 3 is 2.37 bits per heavy atom. The number of amides is 3. The van der Waals surface area contributed by atoms with Gasteiger partial charge in [0, 0.05) is 31.5 Å². The van der Waals surface area contributed by atoms with E-state index in [4.69, 9.17) is 4.74 Å². The van der Waals surface area contributed by atoms with Crippen LogP contribution in [0.4, 0.5) is 11.4 Å². The van der Waals surface area contributed by atoms with E-state index in [1.165, 1.54) is 32.9 Å². The van der Waals surface area contributed by atoms with E-state index in [2.05, 4.69) is 5.32 Å². The molecule has 0 atom stereocenters. The van der Waals surface area contributed by atoms with E-state index in [0.29, 0.717) is 0 Å². The molecule has 1 aliphatic heterocycles. The molecule has 0 aliphatic carbocycles. The van der Waals surface area contributed by atoms with Crippen LogP contribution >= 0.6 is 0 Å². The van der Waals surface area contributed by atoms with Crippen LogP contribution in [0.5, 0.6) is 5.75 Å². The Labute approximate surface area is 154 Å². The van der Waals surface area contributed by atoms with E-state index in [1.807, 2.05) is 0 Å². The summed E-state index contributed by atoms with van der Waals surface area (Å²) < 4.78 is 5.54. The maximum atomic E-state index is 12.5. The lowest BCUT2D eigenvalue weighted by Gasteiger charge is -2.26. The minimum Gasteiger partial charge on any atom is -0.473 e. The number of nitrogens with zero attached hydrogens (tertiary/aromatic N) is 2. The minimum absolute atomic E-state index is 0.0590. The van der Waals surface area contributed by atoms with Crippen molar-refractivity contribution >= 4 is 34.9 Å². The summed E-state index contributed by atoms with van der Waals surface area (Å²) in [6.07, 6.45) is 0.118. The summed E-state index contributed by atoms with van der Waals surface area (Å²) in [6, 6.07) is 3.78. The Hall–Kier alpha value is -3.30.